The average Bonchev–Trinajstić information content (AvgIpc) is 2.60. The topological polar surface area (TPSA) is 25.0 Å². The maximum absolute atomic E-state index is 5.55. The van der Waals surface area contributed by atoms with Crippen LogP contribution in [0.15, 0.2) is 24.4 Å². The number of aromatic amines is 1. The van der Waals surface area contributed by atoms with E-state index in [1.165, 1.54) is 16.5 Å². The van der Waals surface area contributed by atoms with Crippen LogP contribution in [0.2, 0.25) is 0 Å². The molecule has 0 atom stereocenters. The van der Waals surface area contributed by atoms with E-state index in [-0.39, 0.29) is 0 Å². The van der Waals surface area contributed by atoms with Gasteiger partial charge in [0.15, 0.2) is 0 Å². The van der Waals surface area contributed by atoms with Crippen LogP contribution in [0.4, 0.5) is 0 Å². The van der Waals surface area contributed by atoms with Crippen molar-refractivity contribution in [1.82, 2.24) is 4.98 Å². The summed E-state index contributed by atoms with van der Waals surface area (Å²) in [5.41, 5.74) is 2.86. The van der Waals surface area contributed by atoms with Crippen molar-refractivity contribution in [1.29, 1.82) is 0 Å². The first kappa shape index (κ1) is 12.0. The standard InChI is InChI=1S/C15H21NO/c1-5-17-12-6-7-14-13(8-12)11(10-16-14)9-15(2,3)4/h6-8,10,16H,5,9H2,1-4H3. The van der Waals surface area contributed by atoms with Crippen molar-refractivity contribution >= 4 is 10.9 Å². The number of hydrogen-bond donors (Lipinski definition) is 1. The highest BCUT2D eigenvalue weighted by atomic mass is 16.5. The molecule has 2 rings (SSSR count). The van der Waals surface area contributed by atoms with Crippen molar-refractivity contribution in [2.24, 2.45) is 5.41 Å². The van der Waals surface area contributed by atoms with Crippen LogP contribution < -0.4 is 4.74 Å². The van der Waals surface area contributed by atoms with E-state index in [4.69, 9.17) is 4.74 Å². The van der Waals surface area contributed by atoms with E-state index in [2.05, 4.69) is 44.1 Å². The van der Waals surface area contributed by atoms with Crippen LogP contribution >= 0.6 is 0 Å². The van der Waals surface area contributed by atoms with Gasteiger partial charge in [-0.25, -0.2) is 0 Å². The zero-order chi connectivity index (χ0) is 12.5. The first-order chi connectivity index (χ1) is 7.99. The molecule has 0 bridgehead atoms. The summed E-state index contributed by atoms with van der Waals surface area (Å²) in [6, 6.07) is 6.24. The van der Waals surface area contributed by atoms with Gasteiger partial charge in [-0.1, -0.05) is 20.8 Å². The zero-order valence-electron chi connectivity index (χ0n) is 11.1. The van der Waals surface area contributed by atoms with Gasteiger partial charge in [0.1, 0.15) is 5.75 Å². The van der Waals surface area contributed by atoms with Crippen molar-refractivity contribution in [3.8, 4) is 5.75 Å². The molecule has 0 aliphatic carbocycles. The van der Waals surface area contributed by atoms with Crippen LogP contribution in [-0.4, -0.2) is 11.6 Å². The molecule has 0 unspecified atom stereocenters. The molecule has 2 nitrogen and oxygen atoms in total. The third kappa shape index (κ3) is 2.82. The van der Waals surface area contributed by atoms with Gasteiger partial charge in [-0.05, 0) is 42.5 Å². The van der Waals surface area contributed by atoms with Crippen molar-refractivity contribution in [3.63, 3.8) is 0 Å². The third-order valence-electron chi connectivity index (χ3n) is 2.77. The van der Waals surface area contributed by atoms with E-state index in [0.717, 1.165) is 12.2 Å². The molecule has 0 saturated heterocycles. The van der Waals surface area contributed by atoms with Crippen LogP contribution in [0.5, 0.6) is 5.75 Å². The summed E-state index contributed by atoms with van der Waals surface area (Å²) in [7, 11) is 0. The second-order valence-corrected chi connectivity index (χ2v) is 5.69. The van der Waals surface area contributed by atoms with E-state index in [1.807, 2.05) is 13.0 Å². The fraction of sp³-hybridized carbons (Fsp3) is 0.467. The Balaban J connectivity index is 2.39. The molecule has 17 heavy (non-hydrogen) atoms. The molecule has 0 spiro atoms. The number of aromatic nitrogens is 1. The summed E-state index contributed by atoms with van der Waals surface area (Å²) in [5.74, 6) is 0.953. The smallest absolute Gasteiger partial charge is 0.120 e. The predicted octanol–water partition coefficient (Wildman–Crippen LogP) is 4.16. The summed E-state index contributed by atoms with van der Waals surface area (Å²) < 4.78 is 5.55. The zero-order valence-corrected chi connectivity index (χ0v) is 11.1. The molecule has 0 aliphatic rings. The first-order valence-corrected chi connectivity index (χ1v) is 6.22. The van der Waals surface area contributed by atoms with Crippen molar-refractivity contribution in [2.45, 2.75) is 34.1 Å². The maximum atomic E-state index is 5.55. The van der Waals surface area contributed by atoms with Gasteiger partial charge in [-0.3, -0.25) is 0 Å². The molecule has 1 N–H and O–H groups in total. The molecule has 0 fully saturated rings. The minimum Gasteiger partial charge on any atom is -0.494 e. The van der Waals surface area contributed by atoms with Crippen LogP contribution in [0.1, 0.15) is 33.3 Å². The summed E-state index contributed by atoms with van der Waals surface area (Å²) in [4.78, 5) is 3.32. The molecule has 1 aromatic heterocycles. The average molecular weight is 231 g/mol. The minimum atomic E-state index is 0.302. The Kier molecular flexibility index (Phi) is 3.14. The molecular weight excluding hydrogens is 210 g/mol. The summed E-state index contributed by atoms with van der Waals surface area (Å²) in [5, 5.41) is 1.28. The lowest BCUT2D eigenvalue weighted by atomic mass is 9.88. The minimum absolute atomic E-state index is 0.302. The lowest BCUT2D eigenvalue weighted by molar-refractivity contribution is 0.340. The molecule has 0 aliphatic heterocycles. The number of nitrogens with one attached hydrogen (secondary N) is 1. The van der Waals surface area contributed by atoms with Crippen molar-refractivity contribution in [3.05, 3.63) is 30.0 Å². The van der Waals surface area contributed by atoms with Crippen LogP contribution in [0.25, 0.3) is 10.9 Å². The van der Waals surface area contributed by atoms with Crippen LogP contribution in [0.3, 0.4) is 0 Å². The van der Waals surface area contributed by atoms with E-state index < -0.39 is 0 Å². The number of rotatable bonds is 3. The van der Waals surface area contributed by atoms with E-state index in [0.29, 0.717) is 12.0 Å². The van der Waals surface area contributed by atoms with Gasteiger partial charge in [0.2, 0.25) is 0 Å². The molecule has 0 amide bonds. The van der Waals surface area contributed by atoms with E-state index in [1.54, 1.807) is 0 Å². The van der Waals surface area contributed by atoms with Gasteiger partial charge < -0.3 is 9.72 Å². The second-order valence-electron chi connectivity index (χ2n) is 5.69. The Labute approximate surface area is 103 Å². The highest BCUT2D eigenvalue weighted by molar-refractivity contribution is 5.84. The molecule has 92 valence electrons. The number of H-pyrrole nitrogens is 1. The molecule has 1 heterocycles. The highest BCUT2D eigenvalue weighted by Crippen LogP contribution is 2.29. The molecule has 2 aromatic rings. The quantitative estimate of drug-likeness (QED) is 0.843. The monoisotopic (exact) mass is 231 g/mol. The molecule has 0 saturated carbocycles. The normalized spacial score (nSPS) is 12.0. The SMILES string of the molecule is CCOc1ccc2[nH]cc(CC(C)(C)C)c2c1. The van der Waals surface area contributed by atoms with Gasteiger partial charge in [0.05, 0.1) is 6.61 Å². The van der Waals surface area contributed by atoms with Gasteiger partial charge in [0, 0.05) is 17.1 Å². The first-order valence-electron chi connectivity index (χ1n) is 6.22. The number of hydrogen-bond acceptors (Lipinski definition) is 1. The Bertz CT molecular complexity index is 505. The fourth-order valence-corrected chi connectivity index (χ4v) is 2.13. The maximum Gasteiger partial charge on any atom is 0.120 e. The van der Waals surface area contributed by atoms with Crippen molar-refractivity contribution < 1.29 is 4.74 Å². The number of ether oxygens (including phenoxy) is 1. The largest absolute Gasteiger partial charge is 0.494 e. The van der Waals surface area contributed by atoms with E-state index >= 15 is 0 Å². The predicted molar refractivity (Wildman–Crippen MR) is 72.6 cm³/mol. The van der Waals surface area contributed by atoms with Crippen LogP contribution in [-0.2, 0) is 6.42 Å². The molecule has 0 radical (unpaired) electrons. The Morgan fingerprint density at radius 2 is 2.00 bits per heavy atom. The molecular formula is C15H21NO. The van der Waals surface area contributed by atoms with Gasteiger partial charge in [-0.15, -0.1) is 0 Å². The van der Waals surface area contributed by atoms with Gasteiger partial charge in [0.25, 0.3) is 0 Å². The molecule has 2 heteroatoms. The lowest BCUT2D eigenvalue weighted by Crippen LogP contribution is -2.08. The van der Waals surface area contributed by atoms with Gasteiger partial charge >= 0.3 is 0 Å². The Hall–Kier alpha value is -1.44. The number of fused-ring (bicyclic) bond motifs is 1. The highest BCUT2D eigenvalue weighted by Gasteiger charge is 2.14. The summed E-state index contributed by atoms with van der Waals surface area (Å²) >= 11 is 0. The van der Waals surface area contributed by atoms with Crippen molar-refractivity contribution in [2.75, 3.05) is 6.61 Å². The summed E-state index contributed by atoms with van der Waals surface area (Å²) in [6.45, 7) is 9.51. The summed E-state index contributed by atoms with van der Waals surface area (Å²) in [6.07, 6.45) is 3.19. The Morgan fingerprint density at radius 1 is 1.24 bits per heavy atom. The number of benzene rings is 1. The lowest BCUT2D eigenvalue weighted by Gasteiger charge is -2.17. The second kappa shape index (κ2) is 4.44. The van der Waals surface area contributed by atoms with Gasteiger partial charge in [-0.2, -0.15) is 0 Å². The molecule has 1 aromatic carbocycles. The van der Waals surface area contributed by atoms with Crippen LogP contribution in [0, 0.1) is 5.41 Å². The van der Waals surface area contributed by atoms with E-state index in [9.17, 15) is 0 Å². The third-order valence-corrected chi connectivity index (χ3v) is 2.77. The Morgan fingerprint density at radius 3 is 2.65 bits per heavy atom. The fourth-order valence-electron chi connectivity index (χ4n) is 2.13.